The van der Waals surface area contributed by atoms with Gasteiger partial charge in [0.05, 0.1) is 16.9 Å². The number of aromatic nitrogens is 1. The van der Waals surface area contributed by atoms with Gasteiger partial charge in [-0.15, -0.1) is 11.3 Å². The highest BCUT2D eigenvalue weighted by molar-refractivity contribution is 9.10. The van der Waals surface area contributed by atoms with Crippen molar-refractivity contribution in [2.24, 2.45) is 4.99 Å². The van der Waals surface area contributed by atoms with E-state index in [2.05, 4.69) is 25.9 Å². The first-order valence-corrected chi connectivity index (χ1v) is 10.4. The van der Waals surface area contributed by atoms with E-state index in [9.17, 15) is 14.0 Å². The fraction of sp³-hybridized carbons (Fsp3) is 0.0476. The fourth-order valence-corrected chi connectivity index (χ4v) is 4.08. The van der Waals surface area contributed by atoms with Crippen molar-refractivity contribution < 1.29 is 18.7 Å². The monoisotopic (exact) mass is 485 g/mol. The van der Waals surface area contributed by atoms with Crippen LogP contribution in [0.3, 0.4) is 0 Å². The number of benzene rings is 2. The van der Waals surface area contributed by atoms with E-state index < -0.39 is 11.8 Å². The predicted molar refractivity (Wildman–Crippen MR) is 116 cm³/mol. The van der Waals surface area contributed by atoms with Gasteiger partial charge in [-0.3, -0.25) is 9.69 Å². The van der Waals surface area contributed by atoms with Crippen molar-refractivity contribution in [2.75, 3.05) is 4.90 Å². The van der Waals surface area contributed by atoms with Gasteiger partial charge in [0, 0.05) is 16.8 Å². The van der Waals surface area contributed by atoms with Gasteiger partial charge in [0.15, 0.2) is 10.8 Å². The molecule has 150 valence electrons. The minimum Gasteiger partial charge on any atom is -0.402 e. The van der Waals surface area contributed by atoms with Crippen LogP contribution in [0, 0.1) is 5.82 Å². The summed E-state index contributed by atoms with van der Waals surface area (Å²) in [6, 6.07) is 13.2. The molecule has 0 spiro atoms. The zero-order valence-electron chi connectivity index (χ0n) is 15.5. The Labute approximate surface area is 183 Å². The van der Waals surface area contributed by atoms with Crippen LogP contribution in [0.15, 0.2) is 69.1 Å². The molecular formula is C21H13BrFN3O3S. The predicted octanol–water partition coefficient (Wildman–Crippen LogP) is 5.07. The molecule has 0 N–H and O–H groups in total. The zero-order chi connectivity index (χ0) is 21.3. The molecule has 0 bridgehead atoms. The Hall–Kier alpha value is -3.17. The summed E-state index contributed by atoms with van der Waals surface area (Å²) in [5, 5.41) is 1.93. The minimum absolute atomic E-state index is 0.0814. The second-order valence-electron chi connectivity index (χ2n) is 6.18. The largest absolute Gasteiger partial charge is 0.402 e. The lowest BCUT2D eigenvalue weighted by Crippen LogP contribution is -2.23. The molecule has 0 radical (unpaired) electrons. The first-order valence-electron chi connectivity index (χ1n) is 8.72. The first-order chi connectivity index (χ1) is 14.4. The van der Waals surface area contributed by atoms with E-state index in [0.717, 1.165) is 15.8 Å². The maximum Gasteiger partial charge on any atom is 0.363 e. The number of halogens is 2. The van der Waals surface area contributed by atoms with Crippen LogP contribution < -0.4 is 4.90 Å². The molecule has 0 fully saturated rings. The van der Waals surface area contributed by atoms with Crippen LogP contribution in [0.25, 0.3) is 6.08 Å². The average molecular weight is 486 g/mol. The lowest BCUT2D eigenvalue weighted by Gasteiger charge is -2.18. The van der Waals surface area contributed by atoms with Gasteiger partial charge < -0.3 is 4.74 Å². The summed E-state index contributed by atoms with van der Waals surface area (Å²) in [6.07, 6.45) is 1.46. The van der Waals surface area contributed by atoms with Crippen LogP contribution in [0.5, 0.6) is 0 Å². The maximum absolute atomic E-state index is 14.2. The van der Waals surface area contributed by atoms with Crippen LogP contribution in [-0.2, 0) is 14.3 Å². The van der Waals surface area contributed by atoms with Crippen molar-refractivity contribution in [3.8, 4) is 0 Å². The number of cyclic esters (lactones) is 1. The topological polar surface area (TPSA) is 71.9 Å². The van der Waals surface area contributed by atoms with E-state index in [1.165, 1.54) is 30.0 Å². The van der Waals surface area contributed by atoms with Crippen molar-refractivity contribution in [1.29, 1.82) is 0 Å². The molecule has 30 heavy (non-hydrogen) atoms. The number of rotatable bonds is 4. The van der Waals surface area contributed by atoms with Gasteiger partial charge >= 0.3 is 5.97 Å². The molecule has 0 saturated heterocycles. The number of hydrogen-bond donors (Lipinski definition) is 0. The zero-order valence-corrected chi connectivity index (χ0v) is 17.9. The number of hydrogen-bond acceptors (Lipinski definition) is 6. The lowest BCUT2D eigenvalue weighted by atomic mass is 10.2. The number of aliphatic imine (C=N–C) groups is 1. The summed E-state index contributed by atoms with van der Waals surface area (Å²) in [5.74, 6) is -1.34. The summed E-state index contributed by atoms with van der Waals surface area (Å²) in [7, 11) is 0. The van der Waals surface area contributed by atoms with Gasteiger partial charge in [0.1, 0.15) is 5.82 Å². The van der Waals surface area contributed by atoms with Crippen LogP contribution in [0.4, 0.5) is 15.2 Å². The number of carbonyl (C=O) groups excluding carboxylic acids is 2. The molecule has 3 aromatic rings. The summed E-state index contributed by atoms with van der Waals surface area (Å²) < 4.78 is 20.2. The lowest BCUT2D eigenvalue weighted by molar-refractivity contribution is -0.130. The van der Waals surface area contributed by atoms with Crippen molar-refractivity contribution in [2.45, 2.75) is 6.92 Å². The van der Waals surface area contributed by atoms with Crippen LogP contribution >= 0.6 is 27.3 Å². The molecule has 1 aliphatic heterocycles. The van der Waals surface area contributed by atoms with Crippen molar-refractivity contribution in [3.63, 3.8) is 0 Å². The Morgan fingerprint density at radius 1 is 1.20 bits per heavy atom. The van der Waals surface area contributed by atoms with E-state index in [1.54, 1.807) is 23.6 Å². The molecule has 0 saturated carbocycles. The van der Waals surface area contributed by atoms with E-state index >= 15 is 0 Å². The molecule has 0 aliphatic carbocycles. The number of nitrogens with zero attached hydrogens (tertiary/aromatic N) is 3. The van der Waals surface area contributed by atoms with Gasteiger partial charge in [-0.1, -0.05) is 24.3 Å². The molecule has 2 aromatic carbocycles. The van der Waals surface area contributed by atoms with Crippen LogP contribution in [0.2, 0.25) is 0 Å². The van der Waals surface area contributed by atoms with Gasteiger partial charge in [-0.05, 0) is 46.3 Å². The Balaban J connectivity index is 1.66. The second-order valence-corrected chi connectivity index (χ2v) is 7.87. The Bertz CT molecular complexity index is 1220. The third kappa shape index (κ3) is 3.94. The normalized spacial score (nSPS) is 14.6. The van der Waals surface area contributed by atoms with Crippen molar-refractivity contribution in [3.05, 3.63) is 81.2 Å². The molecule has 1 amide bonds. The van der Waals surface area contributed by atoms with Crippen molar-refractivity contribution >= 4 is 61.9 Å². The highest BCUT2D eigenvalue weighted by atomic mass is 79.9. The quantitative estimate of drug-likeness (QED) is 0.381. The van der Waals surface area contributed by atoms with E-state index in [-0.39, 0.29) is 28.3 Å². The second kappa shape index (κ2) is 8.29. The Morgan fingerprint density at radius 3 is 2.67 bits per heavy atom. The highest BCUT2D eigenvalue weighted by Crippen LogP contribution is 2.32. The number of esters is 1. The number of carbonyl (C=O) groups is 2. The standard InChI is InChI=1S/C21H13BrFN3O3S/c1-12(27)26(18-9-5-4-8-16(18)23)21-24-13(11-30-21)10-17-20(28)29-19(25-17)14-6-2-3-7-15(14)22/h2-11H,1H3/b17-10-. The Kier molecular flexibility index (Phi) is 5.56. The molecule has 1 aromatic heterocycles. The van der Waals surface area contributed by atoms with Crippen LogP contribution in [0.1, 0.15) is 18.2 Å². The number of para-hydroxylation sites is 1. The number of anilines is 2. The van der Waals surface area contributed by atoms with Gasteiger partial charge in [0.25, 0.3) is 0 Å². The molecule has 9 heteroatoms. The summed E-state index contributed by atoms with van der Waals surface area (Å²) >= 11 is 4.55. The molecular weight excluding hydrogens is 473 g/mol. The first kappa shape index (κ1) is 20.1. The minimum atomic E-state index is -0.604. The third-order valence-electron chi connectivity index (χ3n) is 4.12. The highest BCUT2D eigenvalue weighted by Gasteiger charge is 2.26. The maximum atomic E-state index is 14.2. The molecule has 6 nitrogen and oxygen atoms in total. The summed E-state index contributed by atoms with van der Waals surface area (Å²) in [6.45, 7) is 1.33. The van der Waals surface area contributed by atoms with Gasteiger partial charge in [0.2, 0.25) is 11.8 Å². The fourth-order valence-electron chi connectivity index (χ4n) is 2.78. The number of amides is 1. The van der Waals surface area contributed by atoms with Gasteiger partial charge in [-0.2, -0.15) is 0 Å². The summed E-state index contributed by atoms with van der Waals surface area (Å²) in [4.78, 5) is 34.2. The Morgan fingerprint density at radius 2 is 1.93 bits per heavy atom. The third-order valence-corrected chi connectivity index (χ3v) is 5.65. The molecule has 0 atom stereocenters. The average Bonchev–Trinajstić information content (AvgIpc) is 3.31. The number of thiazole rings is 1. The SMILES string of the molecule is CC(=O)N(c1nc(/C=C2\N=C(c3ccccc3Br)OC2=O)cs1)c1ccccc1F. The van der Waals surface area contributed by atoms with Crippen LogP contribution in [-0.4, -0.2) is 22.8 Å². The summed E-state index contributed by atoms with van der Waals surface area (Å²) in [5.41, 5.74) is 1.24. The van der Waals surface area contributed by atoms with E-state index in [4.69, 9.17) is 4.74 Å². The smallest absolute Gasteiger partial charge is 0.363 e. The number of ether oxygens (including phenoxy) is 1. The van der Waals surface area contributed by atoms with Crippen molar-refractivity contribution in [1.82, 2.24) is 4.98 Å². The van der Waals surface area contributed by atoms with E-state index in [1.807, 2.05) is 18.2 Å². The molecule has 0 unspecified atom stereocenters. The molecule has 4 rings (SSSR count). The molecule has 2 heterocycles. The van der Waals surface area contributed by atoms with E-state index in [0.29, 0.717) is 11.3 Å². The van der Waals surface area contributed by atoms with Gasteiger partial charge in [-0.25, -0.2) is 19.2 Å². The molecule has 1 aliphatic rings.